The molecule has 130 valence electrons. The number of hydrogen-bond donors (Lipinski definition) is 2. The molecule has 0 saturated heterocycles. The van der Waals surface area contributed by atoms with Gasteiger partial charge in [0.05, 0.1) is 6.10 Å². The topological polar surface area (TPSA) is 61.3 Å². The molecule has 0 aliphatic heterocycles. The van der Waals surface area contributed by atoms with E-state index in [-0.39, 0.29) is 18.3 Å². The predicted octanol–water partition coefficient (Wildman–Crippen LogP) is 3.02. The lowest BCUT2D eigenvalue weighted by Gasteiger charge is -2.17. The molecule has 0 radical (unpaired) electrons. The third-order valence-electron chi connectivity index (χ3n) is 3.34. The van der Waals surface area contributed by atoms with Crippen molar-refractivity contribution in [2.75, 3.05) is 30.9 Å². The van der Waals surface area contributed by atoms with Crippen LogP contribution in [0.15, 0.2) is 30.3 Å². The molecule has 1 unspecified atom stereocenters. The largest absolute Gasteiger partial charge is 0.433 e. The molecule has 0 aliphatic carbocycles. The quantitative estimate of drug-likeness (QED) is 0.876. The Labute approximate surface area is 138 Å². The lowest BCUT2D eigenvalue weighted by molar-refractivity contribution is -0.141. The molecule has 24 heavy (non-hydrogen) atoms. The zero-order valence-electron chi connectivity index (χ0n) is 13.6. The summed E-state index contributed by atoms with van der Waals surface area (Å²) in [4.78, 5) is 8.96. The first-order valence-electron chi connectivity index (χ1n) is 7.29. The van der Waals surface area contributed by atoms with E-state index in [2.05, 4.69) is 15.3 Å². The van der Waals surface area contributed by atoms with Gasteiger partial charge in [0.2, 0.25) is 5.95 Å². The summed E-state index contributed by atoms with van der Waals surface area (Å²) in [5, 5.41) is 12.8. The van der Waals surface area contributed by atoms with Crippen molar-refractivity contribution in [2.45, 2.75) is 19.2 Å². The highest BCUT2D eigenvalue weighted by molar-refractivity contribution is 5.44. The van der Waals surface area contributed by atoms with Gasteiger partial charge in [0.1, 0.15) is 5.82 Å². The first-order valence-corrected chi connectivity index (χ1v) is 7.29. The third-order valence-corrected chi connectivity index (χ3v) is 3.34. The van der Waals surface area contributed by atoms with Gasteiger partial charge in [-0.05, 0) is 12.5 Å². The van der Waals surface area contributed by atoms with Crippen LogP contribution in [0, 0.1) is 6.92 Å². The predicted molar refractivity (Wildman–Crippen MR) is 86.0 cm³/mol. The maximum absolute atomic E-state index is 12.9. The van der Waals surface area contributed by atoms with E-state index in [1.54, 1.807) is 26.2 Å². The summed E-state index contributed by atoms with van der Waals surface area (Å²) in [6.07, 6.45) is -5.45. The second kappa shape index (κ2) is 7.04. The lowest BCUT2D eigenvalue weighted by atomic mass is 10.1. The fourth-order valence-corrected chi connectivity index (χ4v) is 2.07. The van der Waals surface area contributed by atoms with E-state index in [4.69, 9.17) is 0 Å². The van der Waals surface area contributed by atoms with Crippen LogP contribution in [-0.2, 0) is 6.18 Å². The molecule has 0 aliphatic rings. The number of halogens is 3. The van der Waals surface area contributed by atoms with Gasteiger partial charge in [-0.15, -0.1) is 0 Å². The molecule has 8 heteroatoms. The van der Waals surface area contributed by atoms with E-state index in [1.165, 1.54) is 4.90 Å². The SMILES string of the molecule is Cc1cccc(C(O)CNc2nc(N(C)C)cc(C(F)(F)F)n2)c1. The van der Waals surface area contributed by atoms with Crippen molar-refractivity contribution in [1.82, 2.24) is 9.97 Å². The standard InChI is InChI=1S/C16H19F3N4O/c1-10-5-4-6-11(7-10)12(24)9-20-15-21-13(16(17,18)19)8-14(22-15)23(2)3/h4-8,12,24H,9H2,1-3H3,(H,20,21,22). The van der Waals surface area contributed by atoms with Gasteiger partial charge in [-0.3, -0.25) is 0 Å². The Kier molecular flexibility index (Phi) is 5.28. The Hall–Kier alpha value is -2.35. The van der Waals surface area contributed by atoms with Gasteiger partial charge in [-0.2, -0.15) is 18.2 Å². The second-order valence-corrected chi connectivity index (χ2v) is 5.64. The molecule has 2 aromatic rings. The smallest absolute Gasteiger partial charge is 0.387 e. The van der Waals surface area contributed by atoms with Crippen molar-refractivity contribution in [2.24, 2.45) is 0 Å². The summed E-state index contributed by atoms with van der Waals surface area (Å²) in [5.41, 5.74) is 0.618. The van der Waals surface area contributed by atoms with Crippen LogP contribution in [0.4, 0.5) is 24.9 Å². The van der Waals surface area contributed by atoms with Crippen LogP contribution in [0.1, 0.15) is 22.9 Å². The van der Waals surface area contributed by atoms with Crippen molar-refractivity contribution < 1.29 is 18.3 Å². The normalized spacial score (nSPS) is 12.8. The Morgan fingerprint density at radius 2 is 1.92 bits per heavy atom. The van der Waals surface area contributed by atoms with Gasteiger partial charge in [-0.25, -0.2) is 4.98 Å². The van der Waals surface area contributed by atoms with Crippen LogP contribution in [0.25, 0.3) is 0 Å². The molecule has 2 rings (SSSR count). The monoisotopic (exact) mass is 340 g/mol. The van der Waals surface area contributed by atoms with Crippen LogP contribution in [0.5, 0.6) is 0 Å². The zero-order chi connectivity index (χ0) is 17.9. The Morgan fingerprint density at radius 3 is 2.50 bits per heavy atom. The molecule has 0 fully saturated rings. The number of aryl methyl sites for hydroxylation is 1. The highest BCUT2D eigenvalue weighted by Gasteiger charge is 2.34. The van der Waals surface area contributed by atoms with E-state index < -0.39 is 18.0 Å². The fraction of sp³-hybridized carbons (Fsp3) is 0.375. The van der Waals surface area contributed by atoms with Crippen molar-refractivity contribution in [3.8, 4) is 0 Å². The van der Waals surface area contributed by atoms with Gasteiger partial charge in [0.25, 0.3) is 0 Å². The number of aliphatic hydroxyl groups is 1. The fourth-order valence-electron chi connectivity index (χ4n) is 2.07. The van der Waals surface area contributed by atoms with Crippen molar-refractivity contribution in [1.29, 1.82) is 0 Å². The number of aromatic nitrogens is 2. The molecule has 1 aromatic carbocycles. The summed E-state index contributed by atoms with van der Waals surface area (Å²) in [5.74, 6) is -0.0508. The van der Waals surface area contributed by atoms with E-state index in [0.717, 1.165) is 11.6 Å². The summed E-state index contributed by atoms with van der Waals surface area (Å²) >= 11 is 0. The molecule has 1 atom stereocenters. The Morgan fingerprint density at radius 1 is 1.21 bits per heavy atom. The number of alkyl halides is 3. The van der Waals surface area contributed by atoms with Crippen molar-refractivity contribution >= 4 is 11.8 Å². The van der Waals surface area contributed by atoms with Gasteiger partial charge < -0.3 is 15.3 Å². The molecular weight excluding hydrogens is 321 g/mol. The van der Waals surface area contributed by atoms with Gasteiger partial charge in [0.15, 0.2) is 5.69 Å². The number of nitrogens with one attached hydrogen (secondary N) is 1. The molecule has 2 N–H and O–H groups in total. The third kappa shape index (κ3) is 4.58. The summed E-state index contributed by atoms with van der Waals surface area (Å²) in [7, 11) is 3.18. The number of aliphatic hydroxyl groups excluding tert-OH is 1. The van der Waals surface area contributed by atoms with E-state index in [1.807, 2.05) is 19.1 Å². The molecule has 0 bridgehead atoms. The molecule has 5 nitrogen and oxygen atoms in total. The van der Waals surface area contributed by atoms with Crippen molar-refractivity contribution in [3.05, 3.63) is 47.2 Å². The van der Waals surface area contributed by atoms with Gasteiger partial charge in [-0.1, -0.05) is 29.8 Å². The molecule has 0 saturated carbocycles. The minimum Gasteiger partial charge on any atom is -0.387 e. The van der Waals surface area contributed by atoms with Crippen LogP contribution in [-0.4, -0.2) is 35.7 Å². The average Bonchev–Trinajstić information content (AvgIpc) is 2.51. The average molecular weight is 340 g/mol. The number of hydrogen-bond acceptors (Lipinski definition) is 5. The minimum absolute atomic E-state index is 0.00235. The second-order valence-electron chi connectivity index (χ2n) is 5.64. The van der Waals surface area contributed by atoms with Gasteiger partial charge >= 0.3 is 6.18 Å². The highest BCUT2D eigenvalue weighted by Crippen LogP contribution is 2.30. The first kappa shape index (κ1) is 18.0. The zero-order valence-corrected chi connectivity index (χ0v) is 13.6. The number of nitrogens with zero attached hydrogens (tertiary/aromatic N) is 3. The Balaban J connectivity index is 2.18. The van der Waals surface area contributed by atoms with Crippen molar-refractivity contribution in [3.63, 3.8) is 0 Å². The van der Waals surface area contributed by atoms with Crippen LogP contribution >= 0.6 is 0 Å². The highest BCUT2D eigenvalue weighted by atomic mass is 19.4. The summed E-state index contributed by atoms with van der Waals surface area (Å²) in [6, 6.07) is 8.13. The van der Waals surface area contributed by atoms with E-state index >= 15 is 0 Å². The van der Waals surface area contributed by atoms with Crippen LogP contribution in [0.2, 0.25) is 0 Å². The minimum atomic E-state index is -4.57. The maximum Gasteiger partial charge on any atom is 0.433 e. The van der Waals surface area contributed by atoms with E-state index in [0.29, 0.717) is 5.56 Å². The Bertz CT molecular complexity index is 704. The first-order chi connectivity index (χ1) is 11.2. The number of anilines is 2. The van der Waals surface area contributed by atoms with Crippen LogP contribution < -0.4 is 10.2 Å². The number of rotatable bonds is 5. The lowest BCUT2D eigenvalue weighted by Crippen LogP contribution is -2.19. The molecule has 0 amide bonds. The molecule has 1 heterocycles. The molecular formula is C16H19F3N4O. The van der Waals surface area contributed by atoms with Crippen LogP contribution in [0.3, 0.4) is 0 Å². The summed E-state index contributed by atoms with van der Waals surface area (Å²) in [6.45, 7) is 1.89. The maximum atomic E-state index is 12.9. The van der Waals surface area contributed by atoms with Gasteiger partial charge in [0, 0.05) is 26.7 Å². The number of benzene rings is 1. The molecule has 1 aromatic heterocycles. The molecule has 0 spiro atoms. The van der Waals surface area contributed by atoms with E-state index in [9.17, 15) is 18.3 Å². The summed E-state index contributed by atoms with van der Waals surface area (Å²) < 4.78 is 38.8.